The number of hydrogen-bond donors (Lipinski definition) is 1. The van der Waals surface area contributed by atoms with Gasteiger partial charge in [0, 0.05) is 13.2 Å². The third-order valence-corrected chi connectivity index (χ3v) is 3.47. The van der Waals surface area contributed by atoms with Crippen molar-refractivity contribution in [3.8, 4) is 0 Å². The maximum Gasteiger partial charge on any atom is 0.116 e. The van der Waals surface area contributed by atoms with Crippen molar-refractivity contribution in [3.63, 3.8) is 0 Å². The fourth-order valence-electron chi connectivity index (χ4n) is 2.43. The summed E-state index contributed by atoms with van der Waals surface area (Å²) in [5.41, 5.74) is -0.514. The molecule has 1 aliphatic rings. The van der Waals surface area contributed by atoms with Crippen molar-refractivity contribution in [2.45, 2.75) is 31.8 Å². The van der Waals surface area contributed by atoms with Gasteiger partial charge in [0.2, 0.25) is 0 Å². The first-order chi connectivity index (χ1) is 8.04. The summed E-state index contributed by atoms with van der Waals surface area (Å²) in [6.07, 6.45) is 4.89. The van der Waals surface area contributed by atoms with Crippen molar-refractivity contribution in [2.75, 3.05) is 13.2 Å². The van der Waals surface area contributed by atoms with E-state index in [0.29, 0.717) is 25.2 Å². The van der Waals surface area contributed by atoms with Gasteiger partial charge in [0.05, 0.1) is 5.60 Å². The van der Waals surface area contributed by atoms with Crippen LogP contribution < -0.4 is 0 Å². The van der Waals surface area contributed by atoms with Crippen LogP contribution in [0.1, 0.15) is 26.2 Å². The number of aliphatic hydroxyl groups is 1. The van der Waals surface area contributed by atoms with Gasteiger partial charge >= 0.3 is 0 Å². The molecule has 2 nitrogen and oxygen atoms in total. The fraction of sp³-hybridized carbons (Fsp3) is 0.571. The monoisotopic (exact) mass is 240 g/mol. The Labute approximate surface area is 102 Å². The predicted octanol–water partition coefficient (Wildman–Crippen LogP) is 3.15. The maximum atomic E-state index is 12.9. The highest BCUT2D eigenvalue weighted by molar-refractivity contribution is 5.33. The maximum absolute atomic E-state index is 12.9. The Kier molecular flexibility index (Phi) is 5.09. The molecule has 0 bridgehead atoms. The van der Waals surface area contributed by atoms with Crippen LogP contribution in [0.2, 0.25) is 0 Å². The molecule has 1 heterocycles. The second-order valence-corrected chi connectivity index (χ2v) is 4.42. The lowest BCUT2D eigenvalue weighted by atomic mass is 9.75. The van der Waals surface area contributed by atoms with Gasteiger partial charge in [-0.2, -0.15) is 0 Å². The molecule has 0 aromatic rings. The lowest BCUT2D eigenvalue weighted by Crippen LogP contribution is -2.42. The van der Waals surface area contributed by atoms with Crippen molar-refractivity contribution in [3.05, 3.63) is 36.7 Å². The van der Waals surface area contributed by atoms with E-state index in [0.717, 1.165) is 12.8 Å². The SMILES string of the molecule is C=C/C(=C\C(=C)F)C(O)(CC)C1CCOCC1. The number of ether oxygens (including phenoxy) is 1. The van der Waals surface area contributed by atoms with Crippen molar-refractivity contribution >= 4 is 0 Å². The molecule has 17 heavy (non-hydrogen) atoms. The Morgan fingerprint density at radius 2 is 2.12 bits per heavy atom. The molecule has 0 aromatic carbocycles. The molecule has 0 amide bonds. The summed E-state index contributed by atoms with van der Waals surface area (Å²) in [6.45, 7) is 10.1. The van der Waals surface area contributed by atoms with Crippen LogP contribution in [0.5, 0.6) is 0 Å². The second kappa shape index (κ2) is 6.12. The molecule has 1 N–H and O–H groups in total. The quantitative estimate of drug-likeness (QED) is 0.748. The summed E-state index contributed by atoms with van der Waals surface area (Å²) in [5.74, 6) is -0.469. The summed E-state index contributed by atoms with van der Waals surface area (Å²) in [6, 6.07) is 0. The number of halogens is 1. The van der Waals surface area contributed by atoms with Gasteiger partial charge in [0.15, 0.2) is 0 Å². The molecule has 1 fully saturated rings. The topological polar surface area (TPSA) is 29.5 Å². The first-order valence-electron chi connectivity index (χ1n) is 6.03. The van der Waals surface area contributed by atoms with E-state index in [1.165, 1.54) is 12.2 Å². The molecular weight excluding hydrogens is 219 g/mol. The third-order valence-electron chi connectivity index (χ3n) is 3.47. The number of rotatable bonds is 5. The number of hydrogen-bond acceptors (Lipinski definition) is 2. The van der Waals surface area contributed by atoms with Crippen molar-refractivity contribution in [1.82, 2.24) is 0 Å². The molecule has 0 saturated carbocycles. The molecular formula is C14H21FO2. The van der Waals surface area contributed by atoms with Gasteiger partial charge in [0.25, 0.3) is 0 Å². The smallest absolute Gasteiger partial charge is 0.116 e. The lowest BCUT2D eigenvalue weighted by Gasteiger charge is -2.39. The van der Waals surface area contributed by atoms with Crippen LogP contribution >= 0.6 is 0 Å². The van der Waals surface area contributed by atoms with Gasteiger partial charge in [0.1, 0.15) is 5.83 Å². The highest BCUT2D eigenvalue weighted by Gasteiger charge is 2.38. The minimum absolute atomic E-state index is 0.0878. The van der Waals surface area contributed by atoms with E-state index < -0.39 is 11.4 Å². The molecule has 3 heteroatoms. The van der Waals surface area contributed by atoms with Crippen LogP contribution in [0, 0.1) is 5.92 Å². The molecule has 0 radical (unpaired) electrons. The summed E-state index contributed by atoms with van der Waals surface area (Å²) in [4.78, 5) is 0. The summed E-state index contributed by atoms with van der Waals surface area (Å²) >= 11 is 0. The molecule has 0 aromatic heterocycles. The first-order valence-corrected chi connectivity index (χ1v) is 6.03. The summed E-state index contributed by atoms with van der Waals surface area (Å²) in [5, 5.41) is 10.8. The van der Waals surface area contributed by atoms with E-state index in [-0.39, 0.29) is 5.92 Å². The predicted molar refractivity (Wildman–Crippen MR) is 67.3 cm³/mol. The molecule has 1 saturated heterocycles. The van der Waals surface area contributed by atoms with E-state index in [1.54, 1.807) is 0 Å². The Bertz CT molecular complexity index is 316. The van der Waals surface area contributed by atoms with Crippen LogP contribution in [0.15, 0.2) is 36.7 Å². The van der Waals surface area contributed by atoms with Crippen molar-refractivity contribution in [2.24, 2.45) is 5.92 Å². The fourth-order valence-corrected chi connectivity index (χ4v) is 2.43. The third kappa shape index (κ3) is 3.27. The zero-order valence-corrected chi connectivity index (χ0v) is 10.4. The van der Waals surface area contributed by atoms with E-state index >= 15 is 0 Å². The van der Waals surface area contributed by atoms with Crippen LogP contribution in [0.3, 0.4) is 0 Å². The van der Waals surface area contributed by atoms with Gasteiger partial charge in [-0.15, -0.1) is 0 Å². The minimum atomic E-state index is -1.03. The Balaban J connectivity index is 2.98. The van der Waals surface area contributed by atoms with E-state index in [9.17, 15) is 9.50 Å². The van der Waals surface area contributed by atoms with Crippen LogP contribution in [-0.4, -0.2) is 23.9 Å². The zero-order chi connectivity index (χ0) is 12.9. The molecule has 1 rings (SSSR count). The highest BCUT2D eigenvalue weighted by atomic mass is 19.1. The van der Waals surface area contributed by atoms with Gasteiger partial charge in [-0.3, -0.25) is 0 Å². The van der Waals surface area contributed by atoms with E-state index in [4.69, 9.17) is 4.74 Å². The minimum Gasteiger partial charge on any atom is -0.385 e. The van der Waals surface area contributed by atoms with E-state index in [2.05, 4.69) is 13.2 Å². The number of allylic oxidation sites excluding steroid dienone is 2. The molecule has 1 unspecified atom stereocenters. The van der Waals surface area contributed by atoms with Crippen molar-refractivity contribution < 1.29 is 14.2 Å². The molecule has 0 spiro atoms. The average Bonchev–Trinajstić information content (AvgIpc) is 2.35. The van der Waals surface area contributed by atoms with Crippen LogP contribution in [-0.2, 0) is 4.74 Å². The Morgan fingerprint density at radius 3 is 2.53 bits per heavy atom. The molecule has 96 valence electrons. The summed E-state index contributed by atoms with van der Waals surface area (Å²) in [7, 11) is 0. The van der Waals surface area contributed by atoms with Crippen molar-refractivity contribution in [1.29, 1.82) is 0 Å². The first kappa shape index (κ1) is 14.1. The van der Waals surface area contributed by atoms with Gasteiger partial charge in [-0.1, -0.05) is 26.2 Å². The molecule has 1 aliphatic heterocycles. The summed E-state index contributed by atoms with van der Waals surface area (Å²) < 4.78 is 18.2. The average molecular weight is 240 g/mol. The van der Waals surface area contributed by atoms with Crippen LogP contribution in [0.4, 0.5) is 4.39 Å². The highest BCUT2D eigenvalue weighted by Crippen LogP contribution is 2.37. The Morgan fingerprint density at radius 1 is 1.53 bits per heavy atom. The van der Waals surface area contributed by atoms with Gasteiger partial charge in [-0.25, -0.2) is 4.39 Å². The lowest BCUT2D eigenvalue weighted by molar-refractivity contribution is -0.0418. The Hall–Kier alpha value is -0.930. The van der Waals surface area contributed by atoms with Gasteiger partial charge in [-0.05, 0) is 36.8 Å². The largest absolute Gasteiger partial charge is 0.385 e. The second-order valence-electron chi connectivity index (χ2n) is 4.42. The van der Waals surface area contributed by atoms with Crippen LogP contribution in [0.25, 0.3) is 0 Å². The molecule has 0 aliphatic carbocycles. The normalized spacial score (nSPS) is 21.9. The van der Waals surface area contributed by atoms with Gasteiger partial charge < -0.3 is 9.84 Å². The molecule has 1 atom stereocenters. The van der Waals surface area contributed by atoms with E-state index in [1.807, 2.05) is 6.92 Å². The standard InChI is InChI=1S/C14H21FO2/c1-4-12(10-11(3)15)14(16,5-2)13-6-8-17-9-7-13/h4,10,13,16H,1,3,5-9H2,2H3/b12-10+. The zero-order valence-electron chi connectivity index (χ0n) is 10.4.